The predicted octanol–water partition coefficient (Wildman–Crippen LogP) is 2.13. The van der Waals surface area contributed by atoms with Crippen LogP contribution >= 0.6 is 0 Å². The Morgan fingerprint density at radius 3 is 2.52 bits per heavy atom. The third-order valence-electron chi connectivity index (χ3n) is 8.22. The summed E-state index contributed by atoms with van der Waals surface area (Å²) >= 11 is 0. The van der Waals surface area contributed by atoms with Gasteiger partial charge < -0.3 is 15.4 Å². The number of nitrogens with one attached hydrogen (secondary N) is 2. The largest absolute Gasteiger partial charge is 0.395 e. The van der Waals surface area contributed by atoms with E-state index in [1.165, 1.54) is 32.1 Å². The summed E-state index contributed by atoms with van der Waals surface area (Å²) in [4.78, 5) is 30.3. The summed E-state index contributed by atoms with van der Waals surface area (Å²) in [5.74, 6) is 3.75. The first-order valence-corrected chi connectivity index (χ1v) is 11.5. The molecule has 1 aromatic heterocycles. The Bertz CT molecular complexity index is 792. The van der Waals surface area contributed by atoms with Gasteiger partial charge in [0.25, 0.3) is 11.5 Å². The van der Waals surface area contributed by atoms with Gasteiger partial charge in [-0.2, -0.15) is 0 Å². The van der Waals surface area contributed by atoms with Crippen LogP contribution in [-0.2, 0) is 6.54 Å². The fourth-order valence-electron chi connectivity index (χ4n) is 6.99. The first-order chi connectivity index (χ1) is 14.1. The second kappa shape index (κ2) is 7.88. The average Bonchev–Trinajstić information content (AvgIpc) is 3.14. The topological polar surface area (TPSA) is 85.4 Å². The molecule has 1 aliphatic heterocycles. The molecule has 0 unspecified atom stereocenters. The molecule has 1 aromatic rings. The van der Waals surface area contributed by atoms with E-state index in [0.717, 1.165) is 48.8 Å². The summed E-state index contributed by atoms with van der Waals surface area (Å²) < 4.78 is 0. The van der Waals surface area contributed by atoms with Crippen LogP contribution in [0.15, 0.2) is 16.9 Å². The lowest BCUT2D eigenvalue weighted by Crippen LogP contribution is -2.49. The quantitative estimate of drug-likeness (QED) is 0.684. The molecule has 158 valence electrons. The van der Waals surface area contributed by atoms with Crippen LogP contribution < -0.4 is 10.9 Å². The first kappa shape index (κ1) is 19.3. The highest BCUT2D eigenvalue weighted by Gasteiger charge is 2.47. The molecule has 6 rings (SSSR count). The van der Waals surface area contributed by atoms with Crippen LogP contribution in [0, 0.1) is 29.6 Å². The van der Waals surface area contributed by atoms with Crippen molar-refractivity contribution >= 4 is 5.91 Å². The predicted molar refractivity (Wildman–Crippen MR) is 110 cm³/mol. The molecule has 0 spiro atoms. The van der Waals surface area contributed by atoms with E-state index in [9.17, 15) is 14.7 Å². The van der Waals surface area contributed by atoms with E-state index in [0.29, 0.717) is 19.0 Å². The van der Waals surface area contributed by atoms with Gasteiger partial charge >= 0.3 is 0 Å². The fourth-order valence-corrected chi connectivity index (χ4v) is 6.99. The number of hydrogen-bond donors (Lipinski definition) is 3. The van der Waals surface area contributed by atoms with Gasteiger partial charge in [-0.05, 0) is 93.2 Å². The molecule has 3 N–H and O–H groups in total. The Hall–Kier alpha value is -1.66. The second-order valence-corrected chi connectivity index (χ2v) is 9.98. The van der Waals surface area contributed by atoms with E-state index >= 15 is 0 Å². The summed E-state index contributed by atoms with van der Waals surface area (Å²) in [6.45, 7) is 2.40. The number of aliphatic hydroxyl groups excluding tert-OH is 1. The van der Waals surface area contributed by atoms with Gasteiger partial charge in [-0.15, -0.1) is 0 Å². The van der Waals surface area contributed by atoms with Crippen LogP contribution in [0.25, 0.3) is 0 Å². The lowest BCUT2D eigenvalue weighted by atomic mass is 9.52. The minimum Gasteiger partial charge on any atom is -0.395 e. The maximum absolute atomic E-state index is 12.7. The molecule has 1 atom stereocenters. The van der Waals surface area contributed by atoms with Gasteiger partial charge in [0.2, 0.25) is 0 Å². The van der Waals surface area contributed by atoms with E-state index in [1.807, 2.05) is 6.07 Å². The maximum Gasteiger partial charge on any atom is 0.261 e. The van der Waals surface area contributed by atoms with E-state index < -0.39 is 0 Å². The van der Waals surface area contributed by atoms with E-state index in [2.05, 4.69) is 15.2 Å². The lowest BCUT2D eigenvalue weighted by molar-refractivity contribution is -0.0347. The van der Waals surface area contributed by atoms with Crippen molar-refractivity contribution in [1.29, 1.82) is 0 Å². The Morgan fingerprint density at radius 2 is 1.86 bits per heavy atom. The number of nitrogens with zero attached hydrogens (tertiary/aromatic N) is 1. The molecule has 5 fully saturated rings. The highest BCUT2D eigenvalue weighted by Crippen LogP contribution is 2.56. The van der Waals surface area contributed by atoms with Gasteiger partial charge in [-0.1, -0.05) is 0 Å². The minimum absolute atomic E-state index is 0.148. The summed E-state index contributed by atoms with van der Waals surface area (Å²) in [5, 5.41) is 12.5. The van der Waals surface area contributed by atoms with Crippen LogP contribution in [0.5, 0.6) is 0 Å². The molecule has 1 amide bonds. The summed E-state index contributed by atoms with van der Waals surface area (Å²) in [6, 6.07) is 3.67. The number of likely N-dealkylation sites (tertiary alicyclic amines) is 1. The number of rotatable bonds is 6. The Balaban J connectivity index is 1.20. The normalized spacial score (nSPS) is 35.9. The molecule has 6 nitrogen and oxygen atoms in total. The smallest absolute Gasteiger partial charge is 0.261 e. The molecule has 6 heteroatoms. The van der Waals surface area contributed by atoms with Gasteiger partial charge in [-0.25, -0.2) is 0 Å². The summed E-state index contributed by atoms with van der Waals surface area (Å²) in [7, 11) is 0. The molecule has 4 saturated carbocycles. The van der Waals surface area contributed by atoms with Gasteiger partial charge in [-0.3, -0.25) is 14.5 Å². The van der Waals surface area contributed by atoms with Gasteiger partial charge in [0, 0.05) is 24.8 Å². The Morgan fingerprint density at radius 1 is 1.14 bits per heavy atom. The molecule has 0 aromatic carbocycles. The molecule has 0 radical (unpaired) electrons. The van der Waals surface area contributed by atoms with Crippen molar-refractivity contribution in [1.82, 2.24) is 15.2 Å². The molecular weight excluding hydrogens is 366 g/mol. The maximum atomic E-state index is 12.7. The average molecular weight is 400 g/mol. The van der Waals surface area contributed by atoms with Crippen LogP contribution in [-0.4, -0.2) is 46.6 Å². The van der Waals surface area contributed by atoms with Crippen LogP contribution in [0.2, 0.25) is 0 Å². The van der Waals surface area contributed by atoms with Gasteiger partial charge in [0.1, 0.15) is 5.56 Å². The number of H-pyrrole nitrogens is 1. The van der Waals surface area contributed by atoms with Crippen molar-refractivity contribution in [3.05, 3.63) is 33.7 Å². The number of aromatic nitrogens is 1. The molecule has 2 heterocycles. The van der Waals surface area contributed by atoms with Crippen molar-refractivity contribution in [2.45, 2.75) is 57.5 Å². The number of carbonyl (C=O) groups excluding carboxylic acids is 1. The Labute approximate surface area is 172 Å². The second-order valence-electron chi connectivity index (χ2n) is 9.98. The zero-order valence-electron chi connectivity index (χ0n) is 17.1. The number of amides is 1. The number of aliphatic hydroxyl groups is 1. The molecular formula is C23H33N3O3. The van der Waals surface area contributed by atoms with Crippen molar-refractivity contribution in [2.24, 2.45) is 29.6 Å². The summed E-state index contributed by atoms with van der Waals surface area (Å²) in [5.41, 5.74) is 0.690. The Kier molecular flexibility index (Phi) is 5.25. The number of hydrogen-bond acceptors (Lipinski definition) is 4. The van der Waals surface area contributed by atoms with E-state index in [4.69, 9.17) is 0 Å². The van der Waals surface area contributed by atoms with Crippen molar-refractivity contribution in [3.63, 3.8) is 0 Å². The van der Waals surface area contributed by atoms with Crippen LogP contribution in [0.3, 0.4) is 0 Å². The zero-order chi connectivity index (χ0) is 20.0. The minimum atomic E-state index is -0.315. The first-order valence-electron chi connectivity index (χ1n) is 11.5. The standard InChI is InChI=1S/C23H33N3O3/c27-13-19-2-1-5-26(19)12-18-3-4-20(23(29)25-18)22(28)24-11-21-16-7-14-6-15(9-16)10-17(21)8-14/h3-4,14-17,19,21,27H,1-2,5-13H2,(H,24,28)(H,25,29)/t14?,15?,16?,17?,19-,21?/m0/s1. The van der Waals surface area contributed by atoms with Gasteiger partial charge in [0.05, 0.1) is 6.61 Å². The molecule has 4 aliphatic carbocycles. The number of aromatic amines is 1. The molecule has 1 saturated heterocycles. The molecule has 29 heavy (non-hydrogen) atoms. The monoisotopic (exact) mass is 399 g/mol. The fraction of sp³-hybridized carbons (Fsp3) is 0.739. The number of pyridine rings is 1. The van der Waals surface area contributed by atoms with Crippen molar-refractivity contribution in [2.75, 3.05) is 19.7 Å². The number of carbonyl (C=O) groups is 1. The van der Waals surface area contributed by atoms with E-state index in [-0.39, 0.29) is 29.7 Å². The van der Waals surface area contributed by atoms with Gasteiger partial charge in [0.15, 0.2) is 0 Å². The summed E-state index contributed by atoms with van der Waals surface area (Å²) in [6.07, 6.45) is 8.86. The van der Waals surface area contributed by atoms with Crippen molar-refractivity contribution in [3.8, 4) is 0 Å². The molecule has 4 bridgehead atoms. The van der Waals surface area contributed by atoms with E-state index in [1.54, 1.807) is 6.07 Å². The van der Waals surface area contributed by atoms with Crippen molar-refractivity contribution < 1.29 is 9.90 Å². The third-order valence-corrected chi connectivity index (χ3v) is 8.22. The highest BCUT2D eigenvalue weighted by molar-refractivity contribution is 5.93. The zero-order valence-corrected chi connectivity index (χ0v) is 17.1. The van der Waals surface area contributed by atoms with Crippen LogP contribution in [0.4, 0.5) is 0 Å². The lowest BCUT2D eigenvalue weighted by Gasteiger charge is -2.54. The third kappa shape index (κ3) is 3.77. The highest BCUT2D eigenvalue weighted by atomic mass is 16.3. The molecule has 5 aliphatic rings. The van der Waals surface area contributed by atoms with Crippen LogP contribution in [0.1, 0.15) is 61.0 Å². The SMILES string of the molecule is O=C(NCC1C2CC3CC(C2)CC1C3)c1ccc(CN2CCC[C@H]2CO)[nH]c1=O.